The molecule has 0 aliphatic carbocycles. The van der Waals surface area contributed by atoms with Gasteiger partial charge in [-0.2, -0.15) is 0 Å². The molecule has 1 aromatic heterocycles. The number of aromatic nitrogens is 1. The minimum Gasteiger partial charge on any atom is -0.368 e. The van der Waals surface area contributed by atoms with E-state index in [2.05, 4.69) is 15.6 Å². The van der Waals surface area contributed by atoms with E-state index in [0.29, 0.717) is 23.5 Å². The number of nitrogens with zero attached hydrogens (tertiary/aromatic N) is 1. The van der Waals surface area contributed by atoms with Crippen LogP contribution in [-0.2, 0) is 9.53 Å². The number of carbonyl (C=O) groups excluding carboxylic acids is 2. The van der Waals surface area contributed by atoms with Crippen LogP contribution in [0.15, 0.2) is 72.8 Å². The number of hydrogen-bond donors (Lipinski definition) is 2. The monoisotopic (exact) mass is 443 g/mol. The number of amides is 2. The summed E-state index contributed by atoms with van der Waals surface area (Å²) in [5, 5.41) is 6.68. The summed E-state index contributed by atoms with van der Waals surface area (Å²) in [5.74, 6) is -0.428. The Bertz CT molecular complexity index is 1260. The maximum Gasteiger partial charge on any atom is 0.255 e. The lowest BCUT2D eigenvalue weighted by Gasteiger charge is -2.12. The first-order valence-electron chi connectivity index (χ1n) is 10.5. The molecular weight excluding hydrogens is 422 g/mol. The first kappa shape index (κ1) is 20.4. The predicted octanol–water partition coefficient (Wildman–Crippen LogP) is 5.33. The third kappa shape index (κ3) is 4.39. The number of benzene rings is 3. The molecule has 2 amide bonds. The SMILES string of the molecule is O=C(Nc1cccc(-c2nc3ccccc3s2)c1)c1cccc(NC(=O)C2CCCO2)c1. The van der Waals surface area contributed by atoms with E-state index in [1.165, 1.54) is 0 Å². The molecule has 6 nitrogen and oxygen atoms in total. The zero-order chi connectivity index (χ0) is 21.9. The average molecular weight is 444 g/mol. The Kier molecular flexibility index (Phi) is 5.66. The Hall–Kier alpha value is -3.55. The zero-order valence-electron chi connectivity index (χ0n) is 17.2. The van der Waals surface area contributed by atoms with Gasteiger partial charge >= 0.3 is 0 Å². The standard InChI is InChI=1S/C25H21N3O3S/c29-23(16-6-3-8-18(14-16)27-24(30)21-11-5-13-31-21)26-19-9-4-7-17(15-19)25-28-20-10-1-2-12-22(20)32-25/h1-4,6-10,12,14-15,21H,5,11,13H2,(H,26,29)(H,27,30). The van der Waals surface area contributed by atoms with Crippen LogP contribution in [0.3, 0.4) is 0 Å². The Morgan fingerprint density at radius 2 is 1.75 bits per heavy atom. The van der Waals surface area contributed by atoms with Gasteiger partial charge in [0.05, 0.1) is 10.2 Å². The van der Waals surface area contributed by atoms with Gasteiger partial charge in [0.1, 0.15) is 11.1 Å². The first-order valence-corrected chi connectivity index (χ1v) is 11.3. The lowest BCUT2D eigenvalue weighted by Crippen LogP contribution is -2.27. The Balaban J connectivity index is 1.30. The number of thiazole rings is 1. The molecule has 4 aromatic rings. The van der Waals surface area contributed by atoms with Crippen molar-refractivity contribution in [2.45, 2.75) is 18.9 Å². The lowest BCUT2D eigenvalue weighted by molar-refractivity contribution is -0.124. The van der Waals surface area contributed by atoms with Gasteiger partial charge in [0.25, 0.3) is 11.8 Å². The van der Waals surface area contributed by atoms with Gasteiger partial charge in [0.15, 0.2) is 0 Å². The fourth-order valence-electron chi connectivity index (χ4n) is 3.67. The number of hydrogen-bond acceptors (Lipinski definition) is 5. The van der Waals surface area contributed by atoms with Crippen molar-refractivity contribution in [1.82, 2.24) is 4.98 Å². The summed E-state index contributed by atoms with van der Waals surface area (Å²) in [6.07, 6.45) is 1.19. The number of para-hydroxylation sites is 1. The minimum atomic E-state index is -0.419. The van der Waals surface area contributed by atoms with E-state index in [1.807, 2.05) is 48.5 Å². The molecule has 1 unspecified atom stereocenters. The van der Waals surface area contributed by atoms with Crippen LogP contribution in [0.1, 0.15) is 23.2 Å². The number of anilines is 2. The van der Waals surface area contributed by atoms with Crippen LogP contribution in [0.25, 0.3) is 20.8 Å². The third-order valence-corrected chi connectivity index (χ3v) is 6.36. The molecule has 1 aliphatic rings. The molecule has 1 saturated heterocycles. The predicted molar refractivity (Wildman–Crippen MR) is 127 cm³/mol. The van der Waals surface area contributed by atoms with Gasteiger partial charge in [0, 0.05) is 29.1 Å². The number of ether oxygens (including phenoxy) is 1. The summed E-state index contributed by atoms with van der Waals surface area (Å²) in [7, 11) is 0. The van der Waals surface area contributed by atoms with Crippen LogP contribution in [0.2, 0.25) is 0 Å². The minimum absolute atomic E-state index is 0.177. The van der Waals surface area contributed by atoms with Crippen LogP contribution >= 0.6 is 11.3 Å². The normalized spacial score (nSPS) is 15.6. The molecule has 3 aromatic carbocycles. The van der Waals surface area contributed by atoms with E-state index in [1.54, 1.807) is 35.6 Å². The topological polar surface area (TPSA) is 80.3 Å². The number of rotatable bonds is 5. The smallest absolute Gasteiger partial charge is 0.255 e. The Labute approximate surface area is 189 Å². The Morgan fingerprint density at radius 1 is 0.938 bits per heavy atom. The molecule has 2 heterocycles. The Morgan fingerprint density at radius 3 is 2.56 bits per heavy atom. The van der Waals surface area contributed by atoms with Gasteiger partial charge in [-0.1, -0.05) is 30.3 Å². The van der Waals surface area contributed by atoms with Crippen molar-refractivity contribution in [2.24, 2.45) is 0 Å². The molecule has 32 heavy (non-hydrogen) atoms. The highest BCUT2D eigenvalue weighted by Gasteiger charge is 2.23. The lowest BCUT2D eigenvalue weighted by atomic mass is 10.1. The van der Waals surface area contributed by atoms with Crippen molar-refractivity contribution in [3.05, 3.63) is 78.4 Å². The van der Waals surface area contributed by atoms with Crippen molar-refractivity contribution >= 4 is 44.7 Å². The molecule has 0 bridgehead atoms. The molecule has 1 aliphatic heterocycles. The van der Waals surface area contributed by atoms with Crippen molar-refractivity contribution in [3.63, 3.8) is 0 Å². The van der Waals surface area contributed by atoms with Crippen molar-refractivity contribution in [2.75, 3.05) is 17.2 Å². The van der Waals surface area contributed by atoms with Gasteiger partial charge < -0.3 is 15.4 Å². The quantitative estimate of drug-likeness (QED) is 0.437. The van der Waals surface area contributed by atoms with E-state index in [0.717, 1.165) is 33.6 Å². The third-order valence-electron chi connectivity index (χ3n) is 5.28. The van der Waals surface area contributed by atoms with Crippen LogP contribution in [-0.4, -0.2) is 29.5 Å². The number of nitrogens with one attached hydrogen (secondary N) is 2. The highest BCUT2D eigenvalue weighted by Crippen LogP contribution is 2.31. The van der Waals surface area contributed by atoms with Gasteiger partial charge in [-0.3, -0.25) is 9.59 Å². The molecule has 160 valence electrons. The van der Waals surface area contributed by atoms with Gasteiger partial charge in [-0.05, 0) is 55.3 Å². The second-order valence-corrected chi connectivity index (χ2v) is 8.62. The molecular formula is C25H21N3O3S. The summed E-state index contributed by atoms with van der Waals surface area (Å²) in [6.45, 7) is 0.608. The molecule has 0 radical (unpaired) electrons. The summed E-state index contributed by atoms with van der Waals surface area (Å²) >= 11 is 1.62. The van der Waals surface area contributed by atoms with Gasteiger partial charge in [0.2, 0.25) is 0 Å². The maximum atomic E-state index is 12.8. The van der Waals surface area contributed by atoms with Gasteiger partial charge in [-0.25, -0.2) is 4.98 Å². The van der Waals surface area contributed by atoms with E-state index in [9.17, 15) is 9.59 Å². The van der Waals surface area contributed by atoms with E-state index >= 15 is 0 Å². The van der Waals surface area contributed by atoms with Gasteiger partial charge in [-0.15, -0.1) is 11.3 Å². The molecule has 1 atom stereocenters. The maximum absolute atomic E-state index is 12.8. The number of fused-ring (bicyclic) bond motifs is 1. The second-order valence-electron chi connectivity index (χ2n) is 7.59. The van der Waals surface area contributed by atoms with Crippen LogP contribution in [0, 0.1) is 0 Å². The first-order chi connectivity index (χ1) is 15.7. The van der Waals surface area contributed by atoms with Crippen LogP contribution in [0.4, 0.5) is 11.4 Å². The molecule has 1 fully saturated rings. The largest absolute Gasteiger partial charge is 0.368 e. The van der Waals surface area contributed by atoms with Crippen LogP contribution < -0.4 is 10.6 Å². The van der Waals surface area contributed by atoms with Crippen LogP contribution in [0.5, 0.6) is 0 Å². The molecule has 5 rings (SSSR count). The fraction of sp³-hybridized carbons (Fsp3) is 0.160. The fourth-order valence-corrected chi connectivity index (χ4v) is 4.64. The van der Waals surface area contributed by atoms with Crippen molar-refractivity contribution < 1.29 is 14.3 Å². The molecule has 2 N–H and O–H groups in total. The summed E-state index contributed by atoms with van der Waals surface area (Å²) in [6, 6.07) is 22.5. The van der Waals surface area contributed by atoms with E-state index in [4.69, 9.17) is 4.74 Å². The average Bonchev–Trinajstić information content (AvgIpc) is 3.50. The van der Waals surface area contributed by atoms with E-state index in [-0.39, 0.29) is 11.8 Å². The zero-order valence-corrected chi connectivity index (χ0v) is 18.0. The van der Waals surface area contributed by atoms with E-state index < -0.39 is 6.10 Å². The number of carbonyl (C=O) groups is 2. The highest BCUT2D eigenvalue weighted by atomic mass is 32.1. The summed E-state index contributed by atoms with van der Waals surface area (Å²) < 4.78 is 6.54. The molecule has 0 saturated carbocycles. The summed E-state index contributed by atoms with van der Waals surface area (Å²) in [4.78, 5) is 29.8. The van der Waals surface area contributed by atoms with Crippen molar-refractivity contribution in [1.29, 1.82) is 0 Å². The molecule has 0 spiro atoms. The van der Waals surface area contributed by atoms with Crippen molar-refractivity contribution in [3.8, 4) is 10.6 Å². The highest BCUT2D eigenvalue weighted by molar-refractivity contribution is 7.21. The second kappa shape index (κ2) is 8.90. The summed E-state index contributed by atoms with van der Waals surface area (Å²) in [5.41, 5.74) is 3.62. The molecule has 7 heteroatoms.